The third-order valence-electron chi connectivity index (χ3n) is 3.00. The molecule has 3 nitrogen and oxygen atoms in total. The highest BCUT2D eigenvalue weighted by molar-refractivity contribution is 7.99. The molecule has 0 aliphatic carbocycles. The zero-order valence-electron chi connectivity index (χ0n) is 12.7. The molecule has 0 bridgehead atoms. The van der Waals surface area contributed by atoms with Gasteiger partial charge in [0.1, 0.15) is 5.82 Å². The second-order valence-electron chi connectivity index (χ2n) is 4.87. The monoisotopic (exact) mass is 338 g/mol. The van der Waals surface area contributed by atoms with Gasteiger partial charge in [0.05, 0.1) is 23.0 Å². The van der Waals surface area contributed by atoms with E-state index in [2.05, 4.69) is 11.9 Å². The first-order valence-corrected chi connectivity index (χ1v) is 9.18. The summed E-state index contributed by atoms with van der Waals surface area (Å²) in [6.45, 7) is 4.45. The van der Waals surface area contributed by atoms with Crippen LogP contribution in [0, 0.1) is 12.7 Å². The summed E-state index contributed by atoms with van der Waals surface area (Å²) in [5, 5.41) is 2.93. The Morgan fingerprint density at radius 1 is 1.36 bits per heavy atom. The number of aryl methyl sites for hydroxylation is 1. The molecule has 2 aromatic rings. The van der Waals surface area contributed by atoms with Crippen molar-refractivity contribution in [2.75, 3.05) is 16.4 Å². The largest absolute Gasteiger partial charge is 0.306 e. The number of carbonyl (C=O) groups is 1. The van der Waals surface area contributed by atoms with Gasteiger partial charge in [0, 0.05) is 11.1 Å². The fourth-order valence-electron chi connectivity index (χ4n) is 1.97. The summed E-state index contributed by atoms with van der Waals surface area (Å²) in [6, 6.07) is 6.02. The molecule has 0 spiro atoms. The van der Waals surface area contributed by atoms with Gasteiger partial charge in [0.2, 0.25) is 5.91 Å². The second-order valence-corrected chi connectivity index (χ2v) is 7.03. The van der Waals surface area contributed by atoms with Gasteiger partial charge in [0.15, 0.2) is 0 Å². The first-order chi connectivity index (χ1) is 10.6. The van der Waals surface area contributed by atoms with Crippen LogP contribution in [0.15, 0.2) is 29.6 Å². The van der Waals surface area contributed by atoms with Gasteiger partial charge >= 0.3 is 0 Å². The quantitative estimate of drug-likeness (QED) is 0.707. The molecule has 1 aromatic heterocycles. The topological polar surface area (TPSA) is 33.2 Å². The molecule has 0 radical (unpaired) electrons. The van der Waals surface area contributed by atoms with Gasteiger partial charge in [0.25, 0.3) is 0 Å². The highest BCUT2D eigenvalue weighted by Gasteiger charge is 2.17. The van der Waals surface area contributed by atoms with E-state index in [0.717, 1.165) is 22.9 Å². The molecular weight excluding hydrogens is 319 g/mol. The number of aromatic nitrogens is 1. The molecule has 2 rings (SSSR count). The number of amides is 1. The molecule has 1 heterocycles. The lowest BCUT2D eigenvalue weighted by molar-refractivity contribution is -0.116. The molecule has 0 fully saturated rings. The molecule has 0 aliphatic rings. The Morgan fingerprint density at radius 3 is 2.68 bits per heavy atom. The average molecular weight is 338 g/mol. The lowest BCUT2D eigenvalue weighted by Gasteiger charge is -2.22. The molecule has 0 N–H and O–H groups in total. The number of nitrogens with zero attached hydrogens (tertiary/aromatic N) is 2. The van der Waals surface area contributed by atoms with Crippen molar-refractivity contribution >= 4 is 34.7 Å². The van der Waals surface area contributed by atoms with E-state index < -0.39 is 0 Å². The average Bonchev–Trinajstić information content (AvgIpc) is 2.91. The fraction of sp³-hybridized carbons (Fsp3) is 0.375. The summed E-state index contributed by atoms with van der Waals surface area (Å²) in [7, 11) is 0. The van der Waals surface area contributed by atoms with E-state index in [1.807, 2.05) is 12.3 Å². The number of thiazole rings is 1. The maximum absolute atomic E-state index is 13.1. The second kappa shape index (κ2) is 8.29. The highest BCUT2D eigenvalue weighted by atomic mass is 32.2. The van der Waals surface area contributed by atoms with E-state index >= 15 is 0 Å². The Balaban J connectivity index is 2.15. The van der Waals surface area contributed by atoms with E-state index in [4.69, 9.17) is 0 Å². The summed E-state index contributed by atoms with van der Waals surface area (Å²) in [5.41, 5.74) is 1.56. The van der Waals surface area contributed by atoms with Crippen molar-refractivity contribution in [3.05, 3.63) is 46.2 Å². The minimum absolute atomic E-state index is 0.0238. The van der Waals surface area contributed by atoms with Crippen LogP contribution in [-0.4, -0.2) is 22.4 Å². The van der Waals surface area contributed by atoms with Crippen LogP contribution < -0.4 is 4.90 Å². The van der Waals surface area contributed by atoms with Crippen LogP contribution in [0.3, 0.4) is 0 Å². The first-order valence-electron chi connectivity index (χ1n) is 7.15. The molecule has 0 saturated carbocycles. The highest BCUT2D eigenvalue weighted by Crippen LogP contribution is 2.20. The summed E-state index contributed by atoms with van der Waals surface area (Å²) in [4.78, 5) is 18.6. The fourth-order valence-corrected chi connectivity index (χ4v) is 3.34. The SMILES string of the molecule is CCCSCC(=O)N(Cc1csc(C)n1)c1ccc(F)cc1. The van der Waals surface area contributed by atoms with Crippen LogP contribution in [-0.2, 0) is 11.3 Å². The van der Waals surface area contributed by atoms with Crippen LogP contribution >= 0.6 is 23.1 Å². The van der Waals surface area contributed by atoms with Crippen LogP contribution in [0.25, 0.3) is 0 Å². The van der Waals surface area contributed by atoms with E-state index in [9.17, 15) is 9.18 Å². The third kappa shape index (κ3) is 4.81. The van der Waals surface area contributed by atoms with Gasteiger partial charge in [-0.25, -0.2) is 9.37 Å². The van der Waals surface area contributed by atoms with E-state index in [1.165, 1.54) is 12.1 Å². The molecule has 118 valence electrons. The van der Waals surface area contributed by atoms with Crippen LogP contribution in [0.1, 0.15) is 24.0 Å². The molecule has 0 unspecified atom stereocenters. The van der Waals surface area contributed by atoms with Gasteiger partial charge in [-0.15, -0.1) is 11.3 Å². The van der Waals surface area contributed by atoms with E-state index in [1.54, 1.807) is 40.1 Å². The molecule has 1 aromatic carbocycles. The zero-order valence-corrected chi connectivity index (χ0v) is 14.3. The number of thioether (sulfide) groups is 1. The number of carbonyl (C=O) groups excluding carboxylic acids is 1. The van der Waals surface area contributed by atoms with Crippen molar-refractivity contribution < 1.29 is 9.18 Å². The molecule has 6 heteroatoms. The maximum atomic E-state index is 13.1. The van der Waals surface area contributed by atoms with Gasteiger partial charge in [-0.3, -0.25) is 4.79 Å². The lowest BCUT2D eigenvalue weighted by atomic mass is 10.2. The van der Waals surface area contributed by atoms with Crippen molar-refractivity contribution in [1.82, 2.24) is 4.98 Å². The predicted molar refractivity (Wildman–Crippen MR) is 92.1 cm³/mol. The summed E-state index contributed by atoms with van der Waals surface area (Å²) in [6.07, 6.45) is 1.04. The minimum Gasteiger partial charge on any atom is -0.306 e. The summed E-state index contributed by atoms with van der Waals surface area (Å²) in [5.74, 6) is 1.10. The van der Waals surface area contributed by atoms with E-state index in [0.29, 0.717) is 18.0 Å². The molecule has 0 atom stereocenters. The number of benzene rings is 1. The Kier molecular flexibility index (Phi) is 6.39. The smallest absolute Gasteiger partial charge is 0.237 e. The van der Waals surface area contributed by atoms with Crippen molar-refractivity contribution in [3.8, 4) is 0 Å². The van der Waals surface area contributed by atoms with Gasteiger partial charge in [-0.1, -0.05) is 6.92 Å². The number of hydrogen-bond acceptors (Lipinski definition) is 4. The molecule has 1 amide bonds. The zero-order chi connectivity index (χ0) is 15.9. The lowest BCUT2D eigenvalue weighted by Crippen LogP contribution is -2.32. The normalized spacial score (nSPS) is 10.7. The minimum atomic E-state index is -0.305. The van der Waals surface area contributed by atoms with Crippen molar-refractivity contribution in [1.29, 1.82) is 0 Å². The number of anilines is 1. The number of halogens is 1. The molecule has 0 aliphatic heterocycles. The summed E-state index contributed by atoms with van der Waals surface area (Å²) < 4.78 is 13.1. The first kappa shape index (κ1) is 17.0. The standard InChI is InChI=1S/C16H19FN2OS2/c1-3-8-21-11-16(20)19(9-14-10-22-12(2)18-14)15-6-4-13(17)5-7-15/h4-7,10H,3,8-9,11H2,1-2H3. The Morgan fingerprint density at radius 2 is 2.09 bits per heavy atom. The predicted octanol–water partition coefficient (Wildman–Crippen LogP) is 4.27. The van der Waals surface area contributed by atoms with Crippen LogP contribution in [0.5, 0.6) is 0 Å². The Bertz CT molecular complexity index is 613. The van der Waals surface area contributed by atoms with Crippen LogP contribution in [0.4, 0.5) is 10.1 Å². The van der Waals surface area contributed by atoms with E-state index in [-0.39, 0.29) is 11.7 Å². The summed E-state index contributed by atoms with van der Waals surface area (Å²) >= 11 is 3.18. The number of rotatable bonds is 7. The Labute approximate surface area is 138 Å². The van der Waals surface area contributed by atoms with Crippen LogP contribution in [0.2, 0.25) is 0 Å². The van der Waals surface area contributed by atoms with Gasteiger partial charge in [-0.05, 0) is 43.4 Å². The molecule has 22 heavy (non-hydrogen) atoms. The molecule has 0 saturated heterocycles. The Hall–Kier alpha value is -1.40. The third-order valence-corrected chi connectivity index (χ3v) is 4.97. The maximum Gasteiger partial charge on any atom is 0.237 e. The van der Waals surface area contributed by atoms with Gasteiger partial charge in [-0.2, -0.15) is 11.8 Å². The van der Waals surface area contributed by atoms with Crippen molar-refractivity contribution in [2.24, 2.45) is 0 Å². The van der Waals surface area contributed by atoms with Crippen molar-refractivity contribution in [3.63, 3.8) is 0 Å². The van der Waals surface area contributed by atoms with Gasteiger partial charge < -0.3 is 4.90 Å². The number of hydrogen-bond donors (Lipinski definition) is 0. The van der Waals surface area contributed by atoms with Crippen molar-refractivity contribution in [2.45, 2.75) is 26.8 Å². The molecular formula is C16H19FN2OS2.